The zero-order valence-corrected chi connectivity index (χ0v) is 54.0. The van der Waals surface area contributed by atoms with Crippen molar-refractivity contribution >= 4 is 82.3 Å². The molecule has 0 radical (unpaired) electrons. The second-order valence-corrected chi connectivity index (χ2v) is 24.2. The summed E-state index contributed by atoms with van der Waals surface area (Å²) in [6.07, 6.45) is -0.190. The van der Waals surface area contributed by atoms with E-state index in [-0.39, 0.29) is 88.3 Å². The number of nitrogens with zero attached hydrogens (tertiary/aromatic N) is 5. The summed E-state index contributed by atoms with van der Waals surface area (Å²) in [4.78, 5) is 168. The third-order valence-corrected chi connectivity index (χ3v) is 17.1. The number of oxime groups is 1. The van der Waals surface area contributed by atoms with Crippen LogP contribution in [0.2, 0.25) is 0 Å². The Morgan fingerprint density at radius 2 is 1.45 bits per heavy atom. The number of hydrogen-bond acceptors (Lipinski definition) is 19. The first-order valence-electron chi connectivity index (χ1n) is 32.1. The Kier molecular flexibility index (Phi) is 23.8. The average Bonchev–Trinajstić information content (AvgIpc) is 1.65. The lowest BCUT2D eigenvalue weighted by Gasteiger charge is -2.37. The van der Waals surface area contributed by atoms with Crippen LogP contribution in [-0.2, 0) is 105 Å². The lowest BCUT2D eigenvalue weighted by atomic mass is 9.85. The van der Waals surface area contributed by atoms with Crippen molar-refractivity contribution in [1.29, 1.82) is 0 Å². The molecule has 12 N–H and O–H groups in total. The number of carbonyl (C=O) groups excluding carboxylic acids is 9. The topological polar surface area (TPSA) is 427 Å². The number of rotatable bonds is 25. The summed E-state index contributed by atoms with van der Waals surface area (Å²) in [5, 5.41) is 32.8. The summed E-state index contributed by atoms with van der Waals surface area (Å²) in [6, 6.07) is 17.1. The van der Waals surface area contributed by atoms with Crippen LogP contribution in [0.4, 0.5) is 0 Å². The summed E-state index contributed by atoms with van der Waals surface area (Å²) < 4.78 is 18.8. The number of fused-ring (bicyclic) bond motifs is 5. The molecule has 4 aliphatic rings. The molecule has 2 aromatic heterocycles. The number of esters is 2. The first-order valence-corrected chi connectivity index (χ1v) is 32.1. The Balaban J connectivity index is 0.844. The molecular formula is C67H80N14O16. The molecule has 2 fully saturated rings. The van der Waals surface area contributed by atoms with Gasteiger partial charge >= 0.3 is 17.9 Å². The van der Waals surface area contributed by atoms with E-state index < -0.39 is 120 Å². The SMILES string of the molecule is CC[C@@]1(OC(=O)[C@@H](NC(=O)CCC(=O)NCc2ccc(C[C@@H]3NC(=O)[C@H](CCCN=C(N)N)NC(=O)CNC(=O)[C@H](CC(=O)O)NC(=O)[C@@H](Cc4ccccc4)NC3=O)cc2)C(C)C)C(=O)OCc2c1cc1n(c2=O)Cc2c-1nc1ccccc1c2/C=N/OCCN1CCOCC1. The van der Waals surface area contributed by atoms with Gasteiger partial charge in [0.15, 0.2) is 5.96 Å². The van der Waals surface area contributed by atoms with E-state index in [0.29, 0.717) is 71.1 Å². The van der Waals surface area contributed by atoms with E-state index in [0.717, 1.165) is 18.5 Å². The van der Waals surface area contributed by atoms with E-state index in [1.807, 2.05) is 24.3 Å². The van der Waals surface area contributed by atoms with Crippen molar-refractivity contribution < 1.29 is 72.1 Å². The number of benzene rings is 3. The van der Waals surface area contributed by atoms with Crippen LogP contribution in [0.1, 0.15) is 98.2 Å². The first kappa shape index (κ1) is 70.7. The van der Waals surface area contributed by atoms with Crippen molar-refractivity contribution in [3.63, 3.8) is 0 Å². The summed E-state index contributed by atoms with van der Waals surface area (Å²) in [6.45, 7) is 7.96. The molecule has 6 atom stereocenters. The van der Waals surface area contributed by atoms with Gasteiger partial charge in [0.2, 0.25) is 47.0 Å². The third kappa shape index (κ3) is 18.0. The van der Waals surface area contributed by atoms with Gasteiger partial charge in [0.1, 0.15) is 43.4 Å². The highest BCUT2D eigenvalue weighted by Gasteiger charge is 2.52. The molecule has 5 aromatic rings. The fraction of sp³-hybridized carbons (Fsp3) is 0.433. The van der Waals surface area contributed by atoms with E-state index in [2.05, 4.69) is 52.3 Å². The molecule has 6 heterocycles. The van der Waals surface area contributed by atoms with Crippen LogP contribution in [0.25, 0.3) is 22.3 Å². The molecule has 0 saturated carbocycles. The number of aromatic nitrogens is 2. The van der Waals surface area contributed by atoms with Gasteiger partial charge < -0.3 is 77.4 Å². The third-order valence-electron chi connectivity index (χ3n) is 17.1. The quantitative estimate of drug-likeness (QED) is 0.0118. The lowest BCUT2D eigenvalue weighted by molar-refractivity contribution is -0.191. The fourth-order valence-electron chi connectivity index (χ4n) is 11.8. The fourth-order valence-corrected chi connectivity index (χ4v) is 11.8. The number of carboxylic acids is 1. The van der Waals surface area contributed by atoms with E-state index in [9.17, 15) is 57.8 Å². The van der Waals surface area contributed by atoms with Crippen LogP contribution in [0.3, 0.4) is 0 Å². The molecule has 514 valence electrons. The number of amides is 7. The van der Waals surface area contributed by atoms with Gasteiger partial charge in [-0.25, -0.2) is 14.6 Å². The number of carbonyl (C=O) groups is 10. The molecule has 30 heteroatoms. The first-order chi connectivity index (χ1) is 46.6. The van der Waals surface area contributed by atoms with Gasteiger partial charge in [-0.2, -0.15) is 0 Å². The zero-order valence-electron chi connectivity index (χ0n) is 54.0. The number of aliphatic imine (C=N–C) groups is 1. The Labute approximate surface area is 557 Å². The zero-order chi connectivity index (χ0) is 69.3. The van der Waals surface area contributed by atoms with Gasteiger partial charge in [-0.05, 0) is 54.0 Å². The Morgan fingerprint density at radius 3 is 2.13 bits per heavy atom. The summed E-state index contributed by atoms with van der Waals surface area (Å²) >= 11 is 0. The summed E-state index contributed by atoms with van der Waals surface area (Å²) in [5.74, 6) is -9.73. The number of para-hydroxylation sites is 1. The highest BCUT2D eigenvalue weighted by Crippen LogP contribution is 2.42. The predicted molar refractivity (Wildman–Crippen MR) is 350 cm³/mol. The maximum atomic E-state index is 14.6. The maximum Gasteiger partial charge on any atom is 0.355 e. The normalized spacial score (nSPS) is 20.2. The smallest absolute Gasteiger partial charge is 0.355 e. The van der Waals surface area contributed by atoms with Gasteiger partial charge in [0, 0.05) is 80.5 Å². The number of nitrogens with one attached hydrogen (secondary N) is 7. The molecule has 30 nitrogen and oxygen atoms in total. The number of nitrogens with two attached hydrogens (primary N) is 2. The molecule has 0 bridgehead atoms. The van der Waals surface area contributed by atoms with Crippen LogP contribution in [0.5, 0.6) is 0 Å². The predicted octanol–water partition coefficient (Wildman–Crippen LogP) is -0.0669. The van der Waals surface area contributed by atoms with Gasteiger partial charge in [-0.1, -0.05) is 98.7 Å². The van der Waals surface area contributed by atoms with Crippen molar-refractivity contribution in [3.05, 3.63) is 134 Å². The van der Waals surface area contributed by atoms with E-state index in [1.54, 1.807) is 92.2 Å². The minimum atomic E-state index is -2.10. The minimum Gasteiger partial charge on any atom is -0.481 e. The van der Waals surface area contributed by atoms with Crippen LogP contribution in [0.15, 0.2) is 99.9 Å². The molecule has 9 rings (SSSR count). The molecule has 7 amide bonds. The number of hydrogen-bond donors (Lipinski definition) is 10. The maximum absolute atomic E-state index is 14.6. The van der Waals surface area contributed by atoms with Crippen LogP contribution in [-0.4, -0.2) is 174 Å². The molecule has 0 spiro atoms. The van der Waals surface area contributed by atoms with E-state index in [4.69, 9.17) is 35.5 Å². The average molecular weight is 1340 g/mol. The van der Waals surface area contributed by atoms with E-state index in [1.165, 1.54) is 0 Å². The second-order valence-electron chi connectivity index (χ2n) is 24.2. The van der Waals surface area contributed by atoms with Gasteiger partial charge in [-0.3, -0.25) is 53.0 Å². The lowest BCUT2D eigenvalue weighted by Crippen LogP contribution is -2.58. The van der Waals surface area contributed by atoms with Crippen molar-refractivity contribution in [3.8, 4) is 11.4 Å². The van der Waals surface area contributed by atoms with Crippen LogP contribution >= 0.6 is 0 Å². The number of morpholine rings is 1. The van der Waals surface area contributed by atoms with Gasteiger partial charge in [0.05, 0.1) is 61.4 Å². The van der Waals surface area contributed by atoms with Gasteiger partial charge in [-0.15, -0.1) is 0 Å². The van der Waals surface area contributed by atoms with Crippen molar-refractivity contribution in [1.82, 2.24) is 51.7 Å². The Morgan fingerprint density at radius 1 is 0.804 bits per heavy atom. The van der Waals surface area contributed by atoms with Crippen molar-refractivity contribution in [2.24, 2.45) is 27.5 Å². The molecule has 3 aromatic carbocycles. The highest BCUT2D eigenvalue weighted by molar-refractivity contribution is 6.03. The Hall–Kier alpha value is -10.6. The van der Waals surface area contributed by atoms with Crippen LogP contribution in [0, 0.1) is 5.92 Å². The van der Waals surface area contributed by atoms with Crippen LogP contribution < -0.4 is 54.2 Å². The number of guanidine groups is 1. The summed E-state index contributed by atoms with van der Waals surface area (Å²) in [7, 11) is 0. The number of pyridine rings is 2. The number of cyclic esters (lactones) is 1. The van der Waals surface area contributed by atoms with Crippen molar-refractivity contribution in [2.45, 2.75) is 128 Å². The van der Waals surface area contributed by atoms with E-state index >= 15 is 0 Å². The number of ether oxygens (including phenoxy) is 3. The standard InChI is InChI=1S/C67H80N14O16/c1-4-67(46-31-52-58-44(36-81(52)63(91)45(46)37-95-65(67)93)43(42-13-8-9-14-47(42)75-58)34-73-96-28-25-80-23-26-94-27-24-80)97-64(92)57(38(2)3)79-54(83)21-20-53(82)71-33-41-18-16-40(17-19-41)30-50-61(89)77-49(29-39-11-6-5-7-12-39)62(90)78-51(32-56(85)86)59(87)72-35-55(84)74-48(60(88)76-50)15-10-22-70-66(68)69/h5-9,11-14,16-19,31,34,38,48-51,57H,4,10,15,20-30,32-33,35-37H2,1-3H3,(H,71,82)(H,72,87)(H,74,84)(H,76,88)(H,77,89)(H,78,90)(H,79,83)(H,85,86)(H4,68,69,70)/b73-34+/t48-,49+,50-,51-,57-,67-/m0/s1. The monoisotopic (exact) mass is 1340 g/mol. The molecule has 0 aliphatic carbocycles. The highest BCUT2D eigenvalue weighted by atomic mass is 16.6. The largest absolute Gasteiger partial charge is 0.481 e. The second kappa shape index (κ2) is 32.7. The molecule has 2 saturated heterocycles. The molecule has 97 heavy (non-hydrogen) atoms. The van der Waals surface area contributed by atoms with Crippen molar-refractivity contribution in [2.75, 3.05) is 52.5 Å². The molecule has 4 aliphatic heterocycles. The Bertz CT molecular complexity index is 3910. The minimum absolute atomic E-state index is 0.0117. The summed E-state index contributed by atoms with van der Waals surface area (Å²) in [5.41, 5.74) is 13.2. The van der Waals surface area contributed by atoms with Gasteiger partial charge in [0.25, 0.3) is 5.56 Å². The molecular weight excluding hydrogens is 1260 g/mol. The number of carboxylic acid groups (broad SMARTS) is 1. The number of aliphatic carboxylic acids is 1. The molecule has 0 unspecified atom stereocenters.